The molecular weight excluding hydrogens is 276 g/mol. The summed E-state index contributed by atoms with van der Waals surface area (Å²) >= 11 is 0. The lowest BCUT2D eigenvalue weighted by atomic mass is 10.0. The molecule has 1 aromatic carbocycles. The molecule has 0 amide bonds. The van der Waals surface area contributed by atoms with Gasteiger partial charge in [-0.15, -0.1) is 0 Å². The van der Waals surface area contributed by atoms with E-state index in [2.05, 4.69) is 0 Å². The largest absolute Gasteiger partial charge is 0.456 e. The van der Waals surface area contributed by atoms with Gasteiger partial charge in [0.05, 0.1) is 21.5 Å². The third kappa shape index (κ3) is 3.14. The van der Waals surface area contributed by atoms with Gasteiger partial charge in [-0.2, -0.15) is 0 Å². The van der Waals surface area contributed by atoms with E-state index in [0.29, 0.717) is 11.3 Å². The number of aryl methyl sites for hydroxylation is 2. The van der Waals surface area contributed by atoms with Gasteiger partial charge in [-0.3, -0.25) is 20.2 Å². The molecule has 0 unspecified atom stereocenters. The van der Waals surface area contributed by atoms with Gasteiger partial charge < -0.3 is 4.42 Å². The van der Waals surface area contributed by atoms with E-state index in [1.807, 2.05) is 6.92 Å². The Morgan fingerprint density at radius 2 is 1.76 bits per heavy atom. The van der Waals surface area contributed by atoms with E-state index < -0.39 is 9.85 Å². The number of nitrogens with zero attached hydrogens (tertiary/aromatic N) is 2. The lowest BCUT2D eigenvalue weighted by molar-refractivity contribution is -0.401. The highest BCUT2D eigenvalue weighted by Gasteiger charge is 2.19. The van der Waals surface area contributed by atoms with Crippen molar-refractivity contribution in [2.45, 2.75) is 13.8 Å². The van der Waals surface area contributed by atoms with Crippen LogP contribution in [0, 0.1) is 34.1 Å². The molecule has 0 aliphatic rings. The van der Waals surface area contributed by atoms with E-state index >= 15 is 0 Å². The van der Waals surface area contributed by atoms with Crippen LogP contribution in [0.3, 0.4) is 0 Å². The second kappa shape index (κ2) is 5.58. The molecule has 2 aromatic rings. The normalized spacial score (nSPS) is 11.0. The first-order valence-corrected chi connectivity index (χ1v) is 6.06. The smallest absolute Gasteiger partial charge is 0.280 e. The number of hydrogen-bond donors (Lipinski definition) is 0. The fourth-order valence-corrected chi connectivity index (χ4v) is 1.87. The first-order valence-electron chi connectivity index (χ1n) is 6.06. The lowest BCUT2D eigenvalue weighted by Crippen LogP contribution is -1.94. The summed E-state index contributed by atoms with van der Waals surface area (Å²) in [7, 11) is 0. The van der Waals surface area contributed by atoms with Gasteiger partial charge in [0.25, 0.3) is 5.69 Å². The molecule has 2 rings (SSSR count). The van der Waals surface area contributed by atoms with Crippen LogP contribution < -0.4 is 0 Å². The van der Waals surface area contributed by atoms with Gasteiger partial charge in [0, 0.05) is 6.07 Å². The van der Waals surface area contributed by atoms with E-state index in [-0.39, 0.29) is 11.4 Å². The number of nitro groups is 2. The summed E-state index contributed by atoms with van der Waals surface area (Å²) in [6, 6.07) is 6.23. The fourth-order valence-electron chi connectivity index (χ4n) is 1.87. The van der Waals surface area contributed by atoms with Gasteiger partial charge in [-0.1, -0.05) is 0 Å². The van der Waals surface area contributed by atoms with Gasteiger partial charge in [0.1, 0.15) is 11.5 Å². The molecule has 0 N–H and O–H groups in total. The molecule has 0 fully saturated rings. The zero-order valence-electron chi connectivity index (χ0n) is 11.4. The lowest BCUT2D eigenvalue weighted by Gasteiger charge is -2.04. The van der Waals surface area contributed by atoms with Gasteiger partial charge >= 0.3 is 0 Å². The maximum Gasteiger partial charge on any atom is 0.280 e. The van der Waals surface area contributed by atoms with E-state index in [4.69, 9.17) is 4.42 Å². The number of rotatable bonds is 4. The van der Waals surface area contributed by atoms with Crippen LogP contribution in [0.15, 0.2) is 34.9 Å². The summed E-state index contributed by atoms with van der Waals surface area (Å²) < 4.78 is 5.41. The summed E-state index contributed by atoms with van der Waals surface area (Å²) in [6.07, 6.45) is 1.94. The average molecular weight is 288 g/mol. The molecule has 0 saturated carbocycles. The molecule has 1 aromatic heterocycles. The van der Waals surface area contributed by atoms with Crippen LogP contribution in [0.2, 0.25) is 0 Å². The van der Waals surface area contributed by atoms with E-state index in [0.717, 1.165) is 17.3 Å². The quantitative estimate of drug-likeness (QED) is 0.630. The highest BCUT2D eigenvalue weighted by molar-refractivity contribution is 5.72. The van der Waals surface area contributed by atoms with E-state index in [9.17, 15) is 20.2 Å². The maximum absolute atomic E-state index is 11.1. The predicted octanol–water partition coefficient (Wildman–Crippen LogP) is 3.72. The van der Waals surface area contributed by atoms with Gasteiger partial charge in [0.15, 0.2) is 0 Å². The molecular formula is C14H12N2O5. The molecule has 0 spiro atoms. The van der Waals surface area contributed by atoms with Crippen LogP contribution in [-0.4, -0.2) is 9.85 Å². The molecule has 1 heterocycles. The van der Waals surface area contributed by atoms with Crippen molar-refractivity contribution in [3.8, 4) is 11.3 Å². The zero-order valence-corrected chi connectivity index (χ0v) is 11.4. The molecule has 0 radical (unpaired) electrons. The third-order valence-corrected chi connectivity index (χ3v) is 3.06. The molecule has 0 atom stereocenters. The Balaban J connectivity index is 2.49. The SMILES string of the molecule is Cc1cc(-c2ccc(/C=C/[N+](=O)[O-])o2)c([N+](=O)[O-])cc1C. The number of nitro benzene ring substituents is 1. The topological polar surface area (TPSA) is 99.4 Å². The molecule has 7 heteroatoms. The first-order chi connectivity index (χ1) is 9.88. The highest BCUT2D eigenvalue weighted by atomic mass is 16.6. The highest BCUT2D eigenvalue weighted by Crippen LogP contribution is 2.33. The first kappa shape index (κ1) is 14.4. The predicted molar refractivity (Wildman–Crippen MR) is 76.3 cm³/mol. The molecule has 0 bridgehead atoms. The van der Waals surface area contributed by atoms with Crippen LogP contribution in [0.25, 0.3) is 17.4 Å². The zero-order chi connectivity index (χ0) is 15.6. The number of hydrogen-bond acceptors (Lipinski definition) is 5. The summed E-state index contributed by atoms with van der Waals surface area (Å²) in [5.74, 6) is 0.557. The maximum atomic E-state index is 11.1. The van der Waals surface area contributed by atoms with Crippen molar-refractivity contribution < 1.29 is 14.3 Å². The van der Waals surface area contributed by atoms with Crippen molar-refractivity contribution in [3.63, 3.8) is 0 Å². The third-order valence-electron chi connectivity index (χ3n) is 3.06. The van der Waals surface area contributed by atoms with Gasteiger partial charge in [-0.05, 0) is 43.2 Å². The van der Waals surface area contributed by atoms with Crippen LogP contribution in [0.1, 0.15) is 16.9 Å². The van der Waals surface area contributed by atoms with Crippen molar-refractivity contribution in [3.05, 3.63) is 67.6 Å². The molecule has 0 aliphatic heterocycles. The molecule has 7 nitrogen and oxygen atoms in total. The van der Waals surface area contributed by atoms with Crippen LogP contribution in [0.4, 0.5) is 5.69 Å². The van der Waals surface area contributed by atoms with E-state index in [1.54, 1.807) is 19.1 Å². The van der Waals surface area contributed by atoms with Crippen molar-refractivity contribution in [1.82, 2.24) is 0 Å². The second-order valence-corrected chi connectivity index (χ2v) is 4.51. The fraction of sp³-hybridized carbons (Fsp3) is 0.143. The van der Waals surface area contributed by atoms with Gasteiger partial charge in [-0.25, -0.2) is 0 Å². The summed E-state index contributed by atoms with van der Waals surface area (Å²) in [6.45, 7) is 3.64. The Kier molecular flexibility index (Phi) is 3.84. The Morgan fingerprint density at radius 3 is 2.38 bits per heavy atom. The van der Waals surface area contributed by atoms with Crippen LogP contribution in [0.5, 0.6) is 0 Å². The van der Waals surface area contributed by atoms with Crippen LogP contribution >= 0.6 is 0 Å². The second-order valence-electron chi connectivity index (χ2n) is 4.51. The Labute approximate surface area is 119 Å². The Bertz CT molecular complexity index is 746. The molecule has 108 valence electrons. The Hall–Kier alpha value is -2.96. The summed E-state index contributed by atoms with van der Waals surface area (Å²) in [5.41, 5.74) is 2.00. The summed E-state index contributed by atoms with van der Waals surface area (Å²) in [5, 5.41) is 21.4. The number of benzene rings is 1. The van der Waals surface area contributed by atoms with Crippen molar-refractivity contribution in [2.24, 2.45) is 0 Å². The van der Waals surface area contributed by atoms with E-state index in [1.165, 1.54) is 18.2 Å². The van der Waals surface area contributed by atoms with Crippen molar-refractivity contribution in [1.29, 1.82) is 0 Å². The average Bonchev–Trinajstić information content (AvgIpc) is 2.87. The molecule has 21 heavy (non-hydrogen) atoms. The van der Waals surface area contributed by atoms with Crippen molar-refractivity contribution >= 4 is 11.8 Å². The number of furan rings is 1. The van der Waals surface area contributed by atoms with Crippen molar-refractivity contribution in [2.75, 3.05) is 0 Å². The Morgan fingerprint density at radius 1 is 1.10 bits per heavy atom. The summed E-state index contributed by atoms with van der Waals surface area (Å²) in [4.78, 5) is 20.3. The standard InChI is InChI=1S/C14H12N2O5/c1-9-7-12(13(16(19)20)8-10(9)2)14-4-3-11(21-14)5-6-15(17)18/h3-8H,1-2H3/b6-5+. The van der Waals surface area contributed by atoms with Crippen LogP contribution in [-0.2, 0) is 0 Å². The minimum Gasteiger partial charge on any atom is -0.456 e. The monoisotopic (exact) mass is 288 g/mol. The minimum atomic E-state index is -0.610. The minimum absolute atomic E-state index is 0.0581. The molecule has 0 aliphatic carbocycles. The molecule has 0 saturated heterocycles. The van der Waals surface area contributed by atoms with Gasteiger partial charge in [0.2, 0.25) is 6.20 Å².